The molecular weight excluding hydrogens is 198 g/mol. The maximum absolute atomic E-state index is 5.79. The quantitative estimate of drug-likeness (QED) is 0.849. The lowest BCUT2D eigenvalue weighted by Gasteiger charge is -2.26. The molecule has 1 heterocycles. The highest BCUT2D eigenvalue weighted by atomic mass is 15.1. The van der Waals surface area contributed by atoms with Crippen LogP contribution in [0, 0.1) is 0 Å². The van der Waals surface area contributed by atoms with Crippen LogP contribution in [0.4, 0.5) is 5.69 Å². The molecule has 0 unspecified atom stereocenters. The lowest BCUT2D eigenvalue weighted by molar-refractivity contribution is 0.651. The third-order valence-electron chi connectivity index (χ3n) is 3.52. The second-order valence-electron chi connectivity index (χ2n) is 4.78. The number of aromatic nitrogens is 1. The SMILES string of the molecule is C[C@@H](N)c1ccc(N(C)C2CCCC2)cn1. The minimum atomic E-state index is 0.0193. The second kappa shape index (κ2) is 4.83. The molecule has 2 N–H and O–H groups in total. The van der Waals surface area contributed by atoms with Crippen LogP contribution in [0.25, 0.3) is 0 Å². The lowest BCUT2D eigenvalue weighted by Crippen LogP contribution is -2.28. The van der Waals surface area contributed by atoms with Crippen LogP contribution in [-0.2, 0) is 0 Å². The summed E-state index contributed by atoms with van der Waals surface area (Å²) in [7, 11) is 2.17. The van der Waals surface area contributed by atoms with Crippen LogP contribution < -0.4 is 10.6 Å². The first kappa shape index (κ1) is 11.4. The first-order chi connectivity index (χ1) is 7.68. The number of hydrogen-bond acceptors (Lipinski definition) is 3. The Morgan fingerprint density at radius 1 is 1.38 bits per heavy atom. The van der Waals surface area contributed by atoms with Crippen LogP contribution >= 0.6 is 0 Å². The van der Waals surface area contributed by atoms with Crippen LogP contribution in [0.15, 0.2) is 18.3 Å². The monoisotopic (exact) mass is 219 g/mol. The van der Waals surface area contributed by atoms with Gasteiger partial charge in [0.05, 0.1) is 17.6 Å². The summed E-state index contributed by atoms with van der Waals surface area (Å²) in [4.78, 5) is 6.76. The summed E-state index contributed by atoms with van der Waals surface area (Å²) in [6, 6.07) is 4.88. The molecule has 3 heteroatoms. The zero-order valence-electron chi connectivity index (χ0n) is 10.2. The molecule has 1 atom stereocenters. The molecule has 1 aromatic heterocycles. The molecule has 1 saturated carbocycles. The van der Waals surface area contributed by atoms with Gasteiger partial charge in [0.2, 0.25) is 0 Å². The van der Waals surface area contributed by atoms with Crippen molar-refractivity contribution in [2.45, 2.75) is 44.7 Å². The van der Waals surface area contributed by atoms with Crippen molar-refractivity contribution in [3.63, 3.8) is 0 Å². The van der Waals surface area contributed by atoms with Crippen molar-refractivity contribution in [2.75, 3.05) is 11.9 Å². The van der Waals surface area contributed by atoms with E-state index in [9.17, 15) is 0 Å². The predicted octanol–water partition coefficient (Wildman–Crippen LogP) is 2.48. The number of nitrogens with zero attached hydrogens (tertiary/aromatic N) is 2. The topological polar surface area (TPSA) is 42.1 Å². The molecule has 1 aliphatic rings. The van der Waals surface area contributed by atoms with Crippen molar-refractivity contribution in [3.05, 3.63) is 24.0 Å². The molecule has 0 saturated heterocycles. The highest BCUT2D eigenvalue weighted by Crippen LogP contribution is 2.26. The summed E-state index contributed by atoms with van der Waals surface area (Å²) < 4.78 is 0. The van der Waals surface area contributed by atoms with Crippen molar-refractivity contribution in [1.82, 2.24) is 4.98 Å². The largest absolute Gasteiger partial charge is 0.370 e. The van der Waals surface area contributed by atoms with E-state index in [1.165, 1.54) is 31.4 Å². The Kier molecular flexibility index (Phi) is 3.44. The standard InChI is InChI=1S/C13H21N3/c1-10(14)13-8-7-12(9-15-13)16(2)11-5-3-4-6-11/h7-11H,3-6,14H2,1-2H3/t10-/m1/s1. The van der Waals surface area contributed by atoms with Crippen molar-refractivity contribution in [3.8, 4) is 0 Å². The maximum Gasteiger partial charge on any atom is 0.0569 e. The Morgan fingerprint density at radius 2 is 2.06 bits per heavy atom. The smallest absolute Gasteiger partial charge is 0.0569 e. The van der Waals surface area contributed by atoms with Gasteiger partial charge in [-0.15, -0.1) is 0 Å². The summed E-state index contributed by atoms with van der Waals surface area (Å²) in [6.07, 6.45) is 7.29. The normalized spacial score (nSPS) is 18.7. The van der Waals surface area contributed by atoms with Gasteiger partial charge >= 0.3 is 0 Å². The van der Waals surface area contributed by atoms with E-state index in [0.717, 1.165) is 5.69 Å². The number of nitrogens with two attached hydrogens (primary N) is 1. The molecule has 0 radical (unpaired) electrons. The van der Waals surface area contributed by atoms with Gasteiger partial charge in [-0.25, -0.2) is 0 Å². The van der Waals surface area contributed by atoms with Crippen molar-refractivity contribution >= 4 is 5.69 Å². The van der Waals surface area contributed by atoms with Crippen molar-refractivity contribution in [2.24, 2.45) is 5.73 Å². The van der Waals surface area contributed by atoms with Crippen LogP contribution in [0.5, 0.6) is 0 Å². The Labute approximate surface area is 97.7 Å². The van der Waals surface area contributed by atoms with Gasteiger partial charge in [0.25, 0.3) is 0 Å². The molecule has 2 rings (SSSR count). The second-order valence-corrected chi connectivity index (χ2v) is 4.78. The lowest BCUT2D eigenvalue weighted by atomic mass is 10.2. The van der Waals surface area contributed by atoms with Gasteiger partial charge in [0.1, 0.15) is 0 Å². The zero-order valence-corrected chi connectivity index (χ0v) is 10.2. The number of hydrogen-bond donors (Lipinski definition) is 1. The van der Waals surface area contributed by atoms with E-state index in [1.54, 1.807) is 0 Å². The molecule has 1 fully saturated rings. The van der Waals surface area contributed by atoms with Crippen LogP contribution in [0.3, 0.4) is 0 Å². The minimum absolute atomic E-state index is 0.0193. The number of anilines is 1. The Morgan fingerprint density at radius 3 is 2.56 bits per heavy atom. The van der Waals surface area contributed by atoms with Gasteiger partial charge in [0.15, 0.2) is 0 Å². The molecule has 0 amide bonds. The van der Waals surface area contributed by atoms with E-state index in [2.05, 4.69) is 23.0 Å². The van der Waals surface area contributed by atoms with Crippen LogP contribution in [0.1, 0.15) is 44.3 Å². The molecule has 3 nitrogen and oxygen atoms in total. The summed E-state index contributed by atoms with van der Waals surface area (Å²) in [5.74, 6) is 0. The third kappa shape index (κ3) is 2.35. The van der Waals surface area contributed by atoms with Crippen LogP contribution in [0.2, 0.25) is 0 Å². The number of pyridine rings is 1. The van der Waals surface area contributed by atoms with Crippen molar-refractivity contribution in [1.29, 1.82) is 0 Å². The molecule has 88 valence electrons. The average Bonchev–Trinajstić information content (AvgIpc) is 2.81. The molecule has 0 aliphatic heterocycles. The fraction of sp³-hybridized carbons (Fsp3) is 0.615. The summed E-state index contributed by atoms with van der Waals surface area (Å²) >= 11 is 0. The maximum atomic E-state index is 5.79. The van der Waals surface area contributed by atoms with Gasteiger partial charge < -0.3 is 10.6 Å². The molecule has 16 heavy (non-hydrogen) atoms. The van der Waals surface area contributed by atoms with Gasteiger partial charge in [-0.2, -0.15) is 0 Å². The van der Waals surface area contributed by atoms with Crippen molar-refractivity contribution < 1.29 is 0 Å². The first-order valence-electron chi connectivity index (χ1n) is 6.13. The number of rotatable bonds is 3. The fourth-order valence-electron chi connectivity index (χ4n) is 2.38. The third-order valence-corrected chi connectivity index (χ3v) is 3.52. The van der Waals surface area contributed by atoms with E-state index in [4.69, 9.17) is 5.73 Å². The van der Waals surface area contributed by atoms with Crippen LogP contribution in [-0.4, -0.2) is 18.1 Å². The average molecular weight is 219 g/mol. The summed E-state index contributed by atoms with van der Waals surface area (Å²) in [5, 5.41) is 0. The molecule has 1 aliphatic carbocycles. The summed E-state index contributed by atoms with van der Waals surface area (Å²) in [5.41, 5.74) is 7.95. The Hall–Kier alpha value is -1.09. The molecular formula is C13H21N3. The van der Waals surface area contributed by atoms with Gasteiger partial charge in [-0.05, 0) is 31.9 Å². The minimum Gasteiger partial charge on any atom is -0.370 e. The Bertz CT molecular complexity index is 326. The Balaban J connectivity index is 2.08. The molecule has 1 aromatic rings. The van der Waals surface area contributed by atoms with E-state index in [1.807, 2.05) is 19.2 Å². The van der Waals surface area contributed by atoms with Gasteiger partial charge in [0, 0.05) is 19.1 Å². The first-order valence-corrected chi connectivity index (χ1v) is 6.13. The van der Waals surface area contributed by atoms with E-state index < -0.39 is 0 Å². The fourth-order valence-corrected chi connectivity index (χ4v) is 2.38. The predicted molar refractivity (Wildman–Crippen MR) is 67.5 cm³/mol. The van der Waals surface area contributed by atoms with E-state index >= 15 is 0 Å². The molecule has 0 bridgehead atoms. The van der Waals surface area contributed by atoms with E-state index in [0.29, 0.717) is 6.04 Å². The van der Waals surface area contributed by atoms with E-state index in [-0.39, 0.29) is 6.04 Å². The molecule has 0 aromatic carbocycles. The molecule has 0 spiro atoms. The summed E-state index contributed by atoms with van der Waals surface area (Å²) in [6.45, 7) is 1.96. The zero-order chi connectivity index (χ0) is 11.5. The highest BCUT2D eigenvalue weighted by molar-refractivity contribution is 5.45. The van der Waals surface area contributed by atoms with Gasteiger partial charge in [-0.3, -0.25) is 4.98 Å². The van der Waals surface area contributed by atoms with Gasteiger partial charge in [-0.1, -0.05) is 12.8 Å². The highest BCUT2D eigenvalue weighted by Gasteiger charge is 2.19.